The number of likely N-dealkylation sites (tertiary alicyclic amines) is 2. The van der Waals surface area contributed by atoms with E-state index in [1.165, 1.54) is 0 Å². The van der Waals surface area contributed by atoms with Gasteiger partial charge in [-0.2, -0.15) is 0 Å². The lowest BCUT2D eigenvalue weighted by Gasteiger charge is -2.21. The van der Waals surface area contributed by atoms with Gasteiger partial charge in [0.15, 0.2) is 0 Å². The third-order valence-corrected chi connectivity index (χ3v) is 4.30. The molecule has 21 heavy (non-hydrogen) atoms. The molecule has 0 spiro atoms. The maximum absolute atomic E-state index is 12.4. The highest BCUT2D eigenvalue weighted by atomic mass is 16.5. The lowest BCUT2D eigenvalue weighted by Crippen LogP contribution is -2.36. The quantitative estimate of drug-likeness (QED) is 0.797. The fraction of sp³-hybridized carbons (Fsp3) is 0.533. The van der Waals surface area contributed by atoms with E-state index in [9.17, 15) is 9.59 Å². The molecule has 0 saturated carbocycles. The minimum absolute atomic E-state index is 0.0111. The standard InChI is InChI=1S/C15H19N3O3/c1-21-7-6-17-8-12-9-18(10-13(12)15(17)20)14(19)11-2-4-16-5-3-11/h2-5,12-13H,6-10H2,1H3/t12-,13+/m1/s1. The second-order valence-electron chi connectivity index (χ2n) is 5.59. The lowest BCUT2D eigenvalue weighted by atomic mass is 10.0. The number of fused-ring (bicyclic) bond motifs is 1. The zero-order valence-electron chi connectivity index (χ0n) is 12.1. The molecule has 0 radical (unpaired) electrons. The van der Waals surface area contributed by atoms with E-state index in [0.29, 0.717) is 31.8 Å². The van der Waals surface area contributed by atoms with Gasteiger partial charge in [0.1, 0.15) is 0 Å². The SMILES string of the molecule is COCCN1C[C@@H]2CN(C(=O)c3ccncc3)C[C@@H]2C1=O. The molecule has 0 aliphatic carbocycles. The predicted octanol–water partition coefficient (Wildman–Crippen LogP) is 0.258. The highest BCUT2D eigenvalue weighted by Crippen LogP contribution is 2.32. The number of methoxy groups -OCH3 is 1. The summed E-state index contributed by atoms with van der Waals surface area (Å²) in [4.78, 5) is 32.3. The minimum Gasteiger partial charge on any atom is -0.383 e. The average Bonchev–Trinajstić information content (AvgIpc) is 3.05. The summed E-state index contributed by atoms with van der Waals surface area (Å²) < 4.78 is 5.03. The number of rotatable bonds is 4. The Morgan fingerprint density at radius 3 is 2.76 bits per heavy atom. The van der Waals surface area contributed by atoms with E-state index in [-0.39, 0.29) is 23.7 Å². The summed E-state index contributed by atoms with van der Waals surface area (Å²) in [6, 6.07) is 3.42. The van der Waals surface area contributed by atoms with Crippen LogP contribution in [0.4, 0.5) is 0 Å². The normalized spacial score (nSPS) is 24.5. The largest absolute Gasteiger partial charge is 0.383 e. The van der Waals surface area contributed by atoms with Gasteiger partial charge in [0.05, 0.1) is 12.5 Å². The van der Waals surface area contributed by atoms with E-state index in [4.69, 9.17) is 4.74 Å². The van der Waals surface area contributed by atoms with Crippen LogP contribution in [-0.4, -0.2) is 66.5 Å². The second kappa shape index (κ2) is 5.81. The van der Waals surface area contributed by atoms with Gasteiger partial charge in [0, 0.05) is 57.2 Å². The van der Waals surface area contributed by atoms with Gasteiger partial charge in [-0.25, -0.2) is 0 Å². The number of carbonyl (C=O) groups excluding carboxylic acids is 2. The summed E-state index contributed by atoms with van der Waals surface area (Å²) in [5, 5.41) is 0. The van der Waals surface area contributed by atoms with E-state index in [1.807, 2.05) is 4.90 Å². The average molecular weight is 289 g/mol. The van der Waals surface area contributed by atoms with Crippen LogP contribution < -0.4 is 0 Å². The molecule has 2 aliphatic heterocycles. The van der Waals surface area contributed by atoms with Crippen molar-refractivity contribution in [1.29, 1.82) is 0 Å². The van der Waals surface area contributed by atoms with Crippen LogP contribution in [0.2, 0.25) is 0 Å². The first-order valence-electron chi connectivity index (χ1n) is 7.17. The van der Waals surface area contributed by atoms with E-state index in [1.54, 1.807) is 36.5 Å². The summed E-state index contributed by atoms with van der Waals surface area (Å²) in [7, 11) is 1.64. The van der Waals surface area contributed by atoms with Gasteiger partial charge in [-0.05, 0) is 12.1 Å². The first-order chi connectivity index (χ1) is 10.2. The maximum atomic E-state index is 12.4. The number of pyridine rings is 1. The molecule has 1 aromatic heterocycles. The molecule has 2 saturated heterocycles. The summed E-state index contributed by atoms with van der Waals surface area (Å²) in [6.45, 7) is 3.10. The molecule has 112 valence electrons. The minimum atomic E-state index is -0.0485. The molecule has 2 atom stereocenters. The first-order valence-corrected chi connectivity index (χ1v) is 7.17. The summed E-state index contributed by atoms with van der Waals surface area (Å²) in [5.74, 6) is 0.345. The molecule has 3 rings (SSSR count). The van der Waals surface area contributed by atoms with Gasteiger partial charge < -0.3 is 14.5 Å². The van der Waals surface area contributed by atoms with Crippen LogP contribution in [0.1, 0.15) is 10.4 Å². The van der Waals surface area contributed by atoms with Crippen LogP contribution >= 0.6 is 0 Å². The Bertz CT molecular complexity index is 534. The van der Waals surface area contributed by atoms with Crippen LogP contribution in [0.15, 0.2) is 24.5 Å². The predicted molar refractivity (Wildman–Crippen MR) is 75.6 cm³/mol. The third-order valence-electron chi connectivity index (χ3n) is 4.30. The number of hydrogen-bond acceptors (Lipinski definition) is 4. The van der Waals surface area contributed by atoms with E-state index in [2.05, 4.69) is 4.98 Å². The van der Waals surface area contributed by atoms with Crippen molar-refractivity contribution in [1.82, 2.24) is 14.8 Å². The van der Waals surface area contributed by atoms with Crippen molar-refractivity contribution < 1.29 is 14.3 Å². The molecule has 3 heterocycles. The van der Waals surface area contributed by atoms with Crippen LogP contribution in [-0.2, 0) is 9.53 Å². The highest BCUT2D eigenvalue weighted by Gasteiger charge is 2.47. The Labute approximate surface area is 123 Å². The number of carbonyl (C=O) groups is 2. The second-order valence-corrected chi connectivity index (χ2v) is 5.59. The lowest BCUT2D eigenvalue weighted by molar-refractivity contribution is -0.131. The zero-order valence-corrected chi connectivity index (χ0v) is 12.1. The van der Waals surface area contributed by atoms with Crippen molar-refractivity contribution in [2.75, 3.05) is 39.9 Å². The van der Waals surface area contributed by atoms with Crippen molar-refractivity contribution in [2.24, 2.45) is 11.8 Å². The number of hydrogen-bond donors (Lipinski definition) is 0. The van der Waals surface area contributed by atoms with E-state index < -0.39 is 0 Å². The van der Waals surface area contributed by atoms with Gasteiger partial charge >= 0.3 is 0 Å². The van der Waals surface area contributed by atoms with Gasteiger partial charge in [0.2, 0.25) is 5.91 Å². The first kappa shape index (κ1) is 14.0. The van der Waals surface area contributed by atoms with Gasteiger partial charge in [-0.15, -0.1) is 0 Å². The molecule has 0 unspecified atom stereocenters. The zero-order chi connectivity index (χ0) is 14.8. The van der Waals surface area contributed by atoms with Crippen LogP contribution in [0, 0.1) is 11.8 Å². The molecule has 6 nitrogen and oxygen atoms in total. The Kier molecular flexibility index (Phi) is 3.88. The molecular weight excluding hydrogens is 270 g/mol. The number of amides is 2. The maximum Gasteiger partial charge on any atom is 0.253 e. The fourth-order valence-electron chi connectivity index (χ4n) is 3.19. The van der Waals surface area contributed by atoms with Gasteiger partial charge in [-0.3, -0.25) is 14.6 Å². The fourth-order valence-corrected chi connectivity index (χ4v) is 3.19. The monoisotopic (exact) mass is 289 g/mol. The van der Waals surface area contributed by atoms with E-state index >= 15 is 0 Å². The van der Waals surface area contributed by atoms with Crippen molar-refractivity contribution in [3.63, 3.8) is 0 Å². The summed E-state index contributed by atoms with van der Waals surface area (Å²) in [5.41, 5.74) is 0.633. The van der Waals surface area contributed by atoms with E-state index in [0.717, 1.165) is 6.54 Å². The number of ether oxygens (including phenoxy) is 1. The van der Waals surface area contributed by atoms with Gasteiger partial charge in [-0.1, -0.05) is 0 Å². The Morgan fingerprint density at radius 1 is 1.33 bits per heavy atom. The Balaban J connectivity index is 1.63. The Hall–Kier alpha value is -1.95. The van der Waals surface area contributed by atoms with Crippen molar-refractivity contribution in [2.45, 2.75) is 0 Å². The van der Waals surface area contributed by atoms with Gasteiger partial charge in [0.25, 0.3) is 5.91 Å². The van der Waals surface area contributed by atoms with Crippen LogP contribution in [0.3, 0.4) is 0 Å². The third kappa shape index (κ3) is 2.63. The van der Waals surface area contributed by atoms with Crippen molar-refractivity contribution >= 4 is 11.8 Å². The number of aromatic nitrogens is 1. The number of nitrogens with zero attached hydrogens (tertiary/aromatic N) is 3. The Morgan fingerprint density at radius 2 is 2.10 bits per heavy atom. The van der Waals surface area contributed by atoms with Crippen molar-refractivity contribution in [3.05, 3.63) is 30.1 Å². The molecule has 1 aromatic rings. The van der Waals surface area contributed by atoms with Crippen LogP contribution in [0.5, 0.6) is 0 Å². The smallest absolute Gasteiger partial charge is 0.253 e. The summed E-state index contributed by atoms with van der Waals surface area (Å²) in [6.07, 6.45) is 3.23. The molecule has 6 heteroatoms. The summed E-state index contributed by atoms with van der Waals surface area (Å²) >= 11 is 0. The highest BCUT2D eigenvalue weighted by molar-refractivity contribution is 5.95. The van der Waals surface area contributed by atoms with Crippen LogP contribution in [0.25, 0.3) is 0 Å². The molecule has 2 amide bonds. The molecular formula is C15H19N3O3. The molecule has 2 fully saturated rings. The molecule has 0 bridgehead atoms. The molecule has 2 aliphatic rings. The molecule has 0 aromatic carbocycles. The molecule has 0 N–H and O–H groups in total. The topological polar surface area (TPSA) is 62.7 Å². The van der Waals surface area contributed by atoms with Crippen molar-refractivity contribution in [3.8, 4) is 0 Å².